The third-order valence-electron chi connectivity index (χ3n) is 3.04. The summed E-state index contributed by atoms with van der Waals surface area (Å²) >= 11 is 3.29. The van der Waals surface area contributed by atoms with Gasteiger partial charge in [-0.3, -0.25) is 14.2 Å². The standard InChI is InChI=1S/C13H16BrN5O3/c1-8-11(12(13(21)22-3)18(2)17-8)16-10(20)4-5-19-7-9(14)6-15-19/h6-7H,4-5H2,1-3H3,(H,16,20). The number of nitrogens with zero attached hydrogens (tertiary/aromatic N) is 4. The number of rotatable bonds is 5. The van der Waals surface area contributed by atoms with Crippen molar-refractivity contribution in [2.75, 3.05) is 12.4 Å². The summed E-state index contributed by atoms with van der Waals surface area (Å²) in [4.78, 5) is 23.8. The van der Waals surface area contributed by atoms with Gasteiger partial charge in [0, 0.05) is 26.2 Å². The number of nitrogens with one attached hydrogen (secondary N) is 1. The fourth-order valence-electron chi connectivity index (χ4n) is 2.02. The van der Waals surface area contributed by atoms with Crippen LogP contribution in [-0.2, 0) is 23.1 Å². The number of carbonyl (C=O) groups excluding carboxylic acids is 2. The maximum atomic E-state index is 12.1. The number of esters is 1. The number of amides is 1. The van der Waals surface area contributed by atoms with Gasteiger partial charge in [-0.25, -0.2) is 4.79 Å². The van der Waals surface area contributed by atoms with Crippen LogP contribution in [-0.4, -0.2) is 38.5 Å². The first-order valence-electron chi connectivity index (χ1n) is 6.52. The Balaban J connectivity index is 2.06. The maximum absolute atomic E-state index is 12.1. The minimum Gasteiger partial charge on any atom is -0.464 e. The second-order valence-electron chi connectivity index (χ2n) is 4.64. The van der Waals surface area contributed by atoms with Crippen molar-refractivity contribution in [3.8, 4) is 0 Å². The fourth-order valence-corrected chi connectivity index (χ4v) is 2.35. The number of ether oxygens (including phenoxy) is 1. The predicted molar refractivity (Wildman–Crippen MR) is 82.5 cm³/mol. The van der Waals surface area contributed by atoms with Gasteiger partial charge in [0.15, 0.2) is 5.69 Å². The van der Waals surface area contributed by atoms with E-state index in [0.29, 0.717) is 17.9 Å². The smallest absolute Gasteiger partial charge is 0.358 e. The molecule has 22 heavy (non-hydrogen) atoms. The van der Waals surface area contributed by atoms with Crippen molar-refractivity contribution in [2.24, 2.45) is 7.05 Å². The Hall–Kier alpha value is -2.16. The number of carbonyl (C=O) groups is 2. The third kappa shape index (κ3) is 3.53. The molecule has 2 aromatic heterocycles. The van der Waals surface area contributed by atoms with Crippen LogP contribution in [0.1, 0.15) is 22.6 Å². The largest absolute Gasteiger partial charge is 0.464 e. The number of hydrogen-bond acceptors (Lipinski definition) is 5. The Morgan fingerprint density at radius 3 is 2.77 bits per heavy atom. The van der Waals surface area contributed by atoms with Crippen molar-refractivity contribution < 1.29 is 14.3 Å². The molecule has 0 saturated heterocycles. The molecule has 0 aliphatic heterocycles. The van der Waals surface area contributed by atoms with Crippen LogP contribution in [0, 0.1) is 6.92 Å². The zero-order chi connectivity index (χ0) is 16.3. The van der Waals surface area contributed by atoms with Gasteiger partial charge in [-0.15, -0.1) is 0 Å². The van der Waals surface area contributed by atoms with Gasteiger partial charge in [0.05, 0.1) is 29.2 Å². The van der Waals surface area contributed by atoms with E-state index in [9.17, 15) is 9.59 Å². The van der Waals surface area contributed by atoms with Crippen molar-refractivity contribution in [2.45, 2.75) is 19.9 Å². The van der Waals surface area contributed by atoms with Gasteiger partial charge in [-0.2, -0.15) is 10.2 Å². The lowest BCUT2D eigenvalue weighted by atomic mass is 10.2. The van der Waals surface area contributed by atoms with E-state index >= 15 is 0 Å². The highest BCUT2D eigenvalue weighted by atomic mass is 79.9. The van der Waals surface area contributed by atoms with E-state index in [1.54, 1.807) is 31.0 Å². The third-order valence-corrected chi connectivity index (χ3v) is 3.44. The first kappa shape index (κ1) is 16.2. The molecular formula is C13H16BrN5O3. The van der Waals surface area contributed by atoms with Crippen molar-refractivity contribution in [3.63, 3.8) is 0 Å². The van der Waals surface area contributed by atoms with Crippen LogP contribution in [0.2, 0.25) is 0 Å². The summed E-state index contributed by atoms with van der Waals surface area (Å²) in [7, 11) is 2.90. The molecule has 8 nitrogen and oxygen atoms in total. The molecule has 0 bridgehead atoms. The van der Waals surface area contributed by atoms with E-state index in [0.717, 1.165) is 4.47 Å². The zero-order valence-electron chi connectivity index (χ0n) is 12.5. The normalized spacial score (nSPS) is 10.5. The van der Waals surface area contributed by atoms with Crippen molar-refractivity contribution in [1.29, 1.82) is 0 Å². The minimum absolute atomic E-state index is 0.218. The summed E-state index contributed by atoms with van der Waals surface area (Å²) in [6.07, 6.45) is 3.66. The Labute approximate surface area is 135 Å². The first-order chi connectivity index (χ1) is 10.4. The van der Waals surface area contributed by atoms with Crippen LogP contribution >= 0.6 is 15.9 Å². The van der Waals surface area contributed by atoms with E-state index in [1.807, 2.05) is 0 Å². The SMILES string of the molecule is COC(=O)c1c(NC(=O)CCn2cc(Br)cn2)c(C)nn1C. The topological polar surface area (TPSA) is 91.0 Å². The van der Waals surface area contributed by atoms with E-state index < -0.39 is 5.97 Å². The Bertz CT molecular complexity index is 707. The van der Waals surface area contributed by atoms with E-state index in [4.69, 9.17) is 4.74 Å². The van der Waals surface area contributed by atoms with Crippen LogP contribution in [0.25, 0.3) is 0 Å². The van der Waals surface area contributed by atoms with Gasteiger partial charge in [0.1, 0.15) is 0 Å². The maximum Gasteiger partial charge on any atom is 0.358 e. The molecular weight excluding hydrogens is 354 g/mol. The summed E-state index contributed by atoms with van der Waals surface area (Å²) in [6.45, 7) is 2.15. The molecule has 1 N–H and O–H groups in total. The van der Waals surface area contributed by atoms with Gasteiger partial charge in [-0.05, 0) is 22.9 Å². The van der Waals surface area contributed by atoms with Crippen LogP contribution in [0.4, 0.5) is 5.69 Å². The van der Waals surface area contributed by atoms with Gasteiger partial charge < -0.3 is 10.1 Å². The molecule has 0 unspecified atom stereocenters. The Kier molecular flexibility index (Phi) is 4.96. The average Bonchev–Trinajstić information content (AvgIpc) is 3.00. The fraction of sp³-hybridized carbons (Fsp3) is 0.385. The molecule has 0 aliphatic carbocycles. The highest BCUT2D eigenvalue weighted by molar-refractivity contribution is 9.10. The number of aryl methyl sites for hydroxylation is 3. The summed E-state index contributed by atoms with van der Waals surface area (Å²) in [6, 6.07) is 0. The molecule has 2 aromatic rings. The van der Waals surface area contributed by atoms with Crippen LogP contribution in [0.15, 0.2) is 16.9 Å². The quantitative estimate of drug-likeness (QED) is 0.806. The molecule has 0 aromatic carbocycles. The van der Waals surface area contributed by atoms with E-state index in [-0.39, 0.29) is 18.0 Å². The molecule has 0 spiro atoms. The zero-order valence-corrected chi connectivity index (χ0v) is 14.0. The summed E-state index contributed by atoms with van der Waals surface area (Å²) < 4.78 is 8.61. The number of hydrogen-bond donors (Lipinski definition) is 1. The second-order valence-corrected chi connectivity index (χ2v) is 5.56. The van der Waals surface area contributed by atoms with Crippen LogP contribution in [0.5, 0.6) is 0 Å². The summed E-state index contributed by atoms with van der Waals surface area (Å²) in [5.74, 6) is -0.776. The molecule has 2 heterocycles. The van der Waals surface area contributed by atoms with Crippen LogP contribution < -0.4 is 5.32 Å². The molecule has 0 fully saturated rings. The lowest BCUT2D eigenvalue weighted by molar-refractivity contribution is -0.116. The minimum atomic E-state index is -0.547. The number of methoxy groups -OCH3 is 1. The van der Waals surface area contributed by atoms with E-state index in [1.165, 1.54) is 11.8 Å². The Morgan fingerprint density at radius 2 is 2.18 bits per heavy atom. The molecule has 118 valence electrons. The second kappa shape index (κ2) is 6.73. The van der Waals surface area contributed by atoms with Gasteiger partial charge in [-0.1, -0.05) is 0 Å². The van der Waals surface area contributed by atoms with Crippen LogP contribution in [0.3, 0.4) is 0 Å². The molecule has 1 amide bonds. The molecule has 0 saturated carbocycles. The molecule has 0 aliphatic rings. The monoisotopic (exact) mass is 369 g/mol. The van der Waals surface area contributed by atoms with Gasteiger partial charge in [0.25, 0.3) is 0 Å². The lowest BCUT2D eigenvalue weighted by Gasteiger charge is -2.07. The highest BCUT2D eigenvalue weighted by Crippen LogP contribution is 2.20. The predicted octanol–water partition coefficient (Wildman–Crippen LogP) is 1.50. The molecule has 2 rings (SSSR count). The number of anilines is 1. The summed E-state index contributed by atoms with van der Waals surface area (Å²) in [5, 5.41) is 10.9. The lowest BCUT2D eigenvalue weighted by Crippen LogP contribution is -2.18. The van der Waals surface area contributed by atoms with E-state index in [2.05, 4.69) is 31.4 Å². The number of aromatic nitrogens is 4. The molecule has 0 atom stereocenters. The van der Waals surface area contributed by atoms with Crippen molar-refractivity contribution >= 4 is 33.5 Å². The summed E-state index contributed by atoms with van der Waals surface area (Å²) in [5.41, 5.74) is 1.15. The van der Waals surface area contributed by atoms with Gasteiger partial charge in [0.2, 0.25) is 5.91 Å². The van der Waals surface area contributed by atoms with Gasteiger partial charge >= 0.3 is 5.97 Å². The highest BCUT2D eigenvalue weighted by Gasteiger charge is 2.22. The average molecular weight is 370 g/mol. The first-order valence-corrected chi connectivity index (χ1v) is 7.31. The van der Waals surface area contributed by atoms with Crippen molar-refractivity contribution in [3.05, 3.63) is 28.3 Å². The molecule has 0 radical (unpaired) electrons. The molecule has 9 heteroatoms. The van der Waals surface area contributed by atoms with Crippen molar-refractivity contribution in [1.82, 2.24) is 19.6 Å². The Morgan fingerprint density at radius 1 is 1.45 bits per heavy atom. The number of halogens is 1.